The van der Waals surface area contributed by atoms with E-state index in [1.165, 1.54) is 6.34 Å². The highest BCUT2D eigenvalue weighted by atomic mass is 16.3. The number of hydrazine groups is 1. The Morgan fingerprint density at radius 2 is 1.49 bits per heavy atom. The molecule has 0 heterocycles. The van der Waals surface area contributed by atoms with Crippen LogP contribution in [0.25, 0.3) is 0 Å². The summed E-state index contributed by atoms with van der Waals surface area (Å²) in [5.41, 5.74) is 4.88. The second-order valence-electron chi connectivity index (χ2n) is 8.04. The van der Waals surface area contributed by atoms with E-state index in [-0.39, 0.29) is 24.1 Å². The molecule has 182 valence electrons. The van der Waals surface area contributed by atoms with E-state index in [1.54, 1.807) is 24.3 Å². The summed E-state index contributed by atoms with van der Waals surface area (Å²) in [5.74, 6) is 4.27. The van der Waals surface area contributed by atoms with Crippen LogP contribution in [0.2, 0.25) is 0 Å². The van der Waals surface area contributed by atoms with E-state index in [0.29, 0.717) is 19.4 Å². The highest BCUT2D eigenvalue weighted by molar-refractivity contribution is 5.92. The molecule has 0 saturated carbocycles. The van der Waals surface area contributed by atoms with Crippen molar-refractivity contribution in [2.45, 2.75) is 31.3 Å². The van der Waals surface area contributed by atoms with E-state index in [9.17, 15) is 14.7 Å². The van der Waals surface area contributed by atoms with Gasteiger partial charge in [0, 0.05) is 13.1 Å². The quantitative estimate of drug-likeness (QED) is 0.0908. The van der Waals surface area contributed by atoms with Gasteiger partial charge in [-0.15, -0.1) is 0 Å². The second-order valence-corrected chi connectivity index (χ2v) is 8.04. The van der Waals surface area contributed by atoms with Crippen LogP contribution in [-0.4, -0.2) is 35.8 Å². The zero-order valence-corrected chi connectivity index (χ0v) is 19.4. The van der Waals surface area contributed by atoms with E-state index < -0.39 is 12.0 Å². The normalized spacial score (nSPS) is 11.8. The average Bonchev–Trinajstić information content (AvgIpc) is 2.89. The largest absolute Gasteiger partial charge is 0.508 e. The summed E-state index contributed by atoms with van der Waals surface area (Å²) in [5, 5.41) is 15.3. The van der Waals surface area contributed by atoms with E-state index >= 15 is 0 Å². The maximum absolute atomic E-state index is 13.5. The first-order valence-electron chi connectivity index (χ1n) is 11.5. The van der Waals surface area contributed by atoms with E-state index in [2.05, 4.69) is 21.1 Å². The van der Waals surface area contributed by atoms with Crippen molar-refractivity contribution in [1.82, 2.24) is 16.1 Å². The van der Waals surface area contributed by atoms with Crippen LogP contribution < -0.4 is 21.9 Å². The third-order valence-corrected chi connectivity index (χ3v) is 5.51. The van der Waals surface area contributed by atoms with Gasteiger partial charge in [0.05, 0.1) is 12.3 Å². The van der Waals surface area contributed by atoms with Crippen LogP contribution >= 0.6 is 0 Å². The molecule has 0 saturated heterocycles. The number of hydrogen-bond acceptors (Lipinski definition) is 5. The Kier molecular flexibility index (Phi) is 9.83. The summed E-state index contributed by atoms with van der Waals surface area (Å²) in [6, 6.07) is 24.9. The van der Waals surface area contributed by atoms with Crippen LogP contribution in [0.5, 0.6) is 5.75 Å². The molecule has 8 nitrogen and oxygen atoms in total. The first-order chi connectivity index (χ1) is 17.1. The Hall–Kier alpha value is -4.17. The molecule has 0 aliphatic heterocycles. The number of benzene rings is 3. The maximum Gasteiger partial charge on any atom is 0.242 e. The van der Waals surface area contributed by atoms with Gasteiger partial charge in [0.25, 0.3) is 0 Å². The number of amides is 2. The van der Waals surface area contributed by atoms with E-state index in [1.807, 2.05) is 60.7 Å². The van der Waals surface area contributed by atoms with Crippen LogP contribution in [0.4, 0.5) is 0 Å². The van der Waals surface area contributed by atoms with Gasteiger partial charge in [-0.25, -0.2) is 5.84 Å². The highest BCUT2D eigenvalue weighted by Crippen LogP contribution is 2.25. The molecule has 0 spiro atoms. The summed E-state index contributed by atoms with van der Waals surface area (Å²) in [4.78, 5) is 30.7. The Morgan fingerprint density at radius 3 is 2.06 bits per heavy atom. The third kappa shape index (κ3) is 7.97. The number of nitrogens with one attached hydrogen (secondary N) is 3. The van der Waals surface area contributed by atoms with Crippen LogP contribution in [0.1, 0.15) is 35.4 Å². The zero-order chi connectivity index (χ0) is 24.9. The van der Waals surface area contributed by atoms with Crippen molar-refractivity contribution in [1.29, 1.82) is 0 Å². The number of carbonyl (C=O) groups excluding carboxylic acids is 2. The van der Waals surface area contributed by atoms with Gasteiger partial charge in [0.1, 0.15) is 11.8 Å². The lowest BCUT2D eigenvalue weighted by molar-refractivity contribution is -0.129. The predicted molar refractivity (Wildman–Crippen MR) is 137 cm³/mol. The number of phenols is 1. The van der Waals surface area contributed by atoms with Crippen LogP contribution in [0.3, 0.4) is 0 Å². The summed E-state index contributed by atoms with van der Waals surface area (Å²) in [6.45, 7) is 0.740. The number of aliphatic imine (C=N–C) groups is 1. The Labute approximate surface area is 205 Å². The number of carbonyl (C=O) groups is 2. The van der Waals surface area contributed by atoms with Crippen molar-refractivity contribution >= 4 is 18.2 Å². The van der Waals surface area contributed by atoms with Gasteiger partial charge in [0.15, 0.2) is 0 Å². The molecule has 3 aromatic rings. The second kappa shape index (κ2) is 13.5. The number of nitrogens with two attached hydrogens (primary N) is 1. The van der Waals surface area contributed by atoms with Crippen LogP contribution in [0.15, 0.2) is 89.9 Å². The van der Waals surface area contributed by atoms with E-state index in [4.69, 9.17) is 5.84 Å². The van der Waals surface area contributed by atoms with Gasteiger partial charge in [-0.05, 0) is 41.7 Å². The highest BCUT2D eigenvalue weighted by Gasteiger charge is 2.27. The lowest BCUT2D eigenvalue weighted by Gasteiger charge is -2.23. The van der Waals surface area contributed by atoms with Gasteiger partial charge in [0.2, 0.25) is 11.8 Å². The molecule has 0 radical (unpaired) electrons. The standard InChI is InChI=1S/C27H31N5O3/c28-31-19-29-17-7-12-24(26(34)30-18-20-13-15-23(33)16-14-20)32-27(35)25(21-8-3-1-4-9-21)22-10-5-2-6-11-22/h1-6,8-11,13-16,19,24-25,33H,7,12,17-18,28H2,(H,29,31)(H,30,34)(H,32,35). The molecule has 35 heavy (non-hydrogen) atoms. The summed E-state index contributed by atoms with van der Waals surface area (Å²) < 4.78 is 0. The number of aromatic hydroxyl groups is 1. The Morgan fingerprint density at radius 1 is 0.886 bits per heavy atom. The smallest absolute Gasteiger partial charge is 0.242 e. The third-order valence-electron chi connectivity index (χ3n) is 5.51. The van der Waals surface area contributed by atoms with E-state index in [0.717, 1.165) is 16.7 Å². The number of rotatable bonds is 12. The maximum atomic E-state index is 13.5. The molecular formula is C27H31N5O3. The van der Waals surface area contributed by atoms with Crippen LogP contribution in [0, 0.1) is 0 Å². The lowest BCUT2D eigenvalue weighted by Crippen LogP contribution is -2.48. The number of hydrogen-bond donors (Lipinski definition) is 5. The van der Waals surface area contributed by atoms with Crippen LogP contribution in [-0.2, 0) is 16.1 Å². The molecule has 0 fully saturated rings. The molecule has 0 bridgehead atoms. The van der Waals surface area contributed by atoms with Crippen molar-refractivity contribution in [2.24, 2.45) is 10.8 Å². The zero-order valence-electron chi connectivity index (χ0n) is 19.4. The summed E-state index contributed by atoms with van der Waals surface area (Å²) in [6.07, 6.45) is 2.38. The van der Waals surface area contributed by atoms with Crippen molar-refractivity contribution in [3.8, 4) is 5.75 Å². The van der Waals surface area contributed by atoms with Crippen molar-refractivity contribution in [3.63, 3.8) is 0 Å². The minimum atomic E-state index is -0.740. The van der Waals surface area contributed by atoms with Crippen molar-refractivity contribution in [2.75, 3.05) is 6.54 Å². The molecule has 8 heteroatoms. The summed E-state index contributed by atoms with van der Waals surface area (Å²) in [7, 11) is 0. The Balaban J connectivity index is 1.75. The topological polar surface area (TPSA) is 129 Å². The van der Waals surface area contributed by atoms with Gasteiger partial charge in [-0.3, -0.25) is 14.6 Å². The van der Waals surface area contributed by atoms with Gasteiger partial charge < -0.3 is 21.2 Å². The molecular weight excluding hydrogens is 442 g/mol. The molecule has 0 aliphatic rings. The predicted octanol–water partition coefficient (Wildman–Crippen LogP) is 2.60. The molecule has 3 rings (SSSR count). The molecule has 6 N–H and O–H groups in total. The molecule has 3 aromatic carbocycles. The lowest BCUT2D eigenvalue weighted by atomic mass is 9.90. The minimum absolute atomic E-state index is 0.158. The molecule has 0 aromatic heterocycles. The Bertz CT molecular complexity index is 1050. The van der Waals surface area contributed by atoms with Crippen molar-refractivity contribution in [3.05, 3.63) is 102 Å². The SMILES string of the molecule is NNC=NCCCC(NC(=O)C(c1ccccc1)c1ccccc1)C(=O)NCc1ccc(O)cc1. The van der Waals surface area contributed by atoms with Gasteiger partial charge in [-0.2, -0.15) is 0 Å². The first-order valence-corrected chi connectivity index (χ1v) is 11.5. The minimum Gasteiger partial charge on any atom is -0.508 e. The fourth-order valence-electron chi connectivity index (χ4n) is 3.74. The monoisotopic (exact) mass is 473 g/mol. The molecule has 0 aliphatic carbocycles. The molecule has 2 amide bonds. The van der Waals surface area contributed by atoms with Gasteiger partial charge in [-0.1, -0.05) is 72.8 Å². The molecule has 1 unspecified atom stereocenters. The summed E-state index contributed by atoms with van der Waals surface area (Å²) >= 11 is 0. The number of phenolic OH excluding ortho intramolecular Hbond substituents is 1. The average molecular weight is 474 g/mol. The number of nitrogens with zero attached hydrogens (tertiary/aromatic N) is 1. The fourth-order valence-corrected chi connectivity index (χ4v) is 3.74. The van der Waals surface area contributed by atoms with Gasteiger partial charge >= 0.3 is 0 Å². The van der Waals surface area contributed by atoms with Crippen molar-refractivity contribution < 1.29 is 14.7 Å². The first kappa shape index (κ1) is 25.5. The fraction of sp³-hybridized carbons (Fsp3) is 0.222. The molecule has 1 atom stereocenters.